The fraction of sp³-hybridized carbons (Fsp3) is 0.294. The first kappa shape index (κ1) is 24.4. The normalized spacial score (nSPS) is 11.7. The van der Waals surface area contributed by atoms with Gasteiger partial charge in [0.2, 0.25) is 11.8 Å². The van der Waals surface area contributed by atoms with Gasteiger partial charge in [0.05, 0.1) is 6.54 Å². The van der Waals surface area contributed by atoms with Gasteiger partial charge in [-0.2, -0.15) is 13.2 Å². The molecule has 0 aliphatic rings. The quantitative estimate of drug-likeness (QED) is 0.357. The number of alkyl halides is 3. The summed E-state index contributed by atoms with van der Waals surface area (Å²) in [5.74, 6) is -4.97. The zero-order chi connectivity index (χ0) is 22.9. The van der Waals surface area contributed by atoms with Crippen LogP contribution in [-0.2, 0) is 25.6 Å². The summed E-state index contributed by atoms with van der Waals surface area (Å²) in [4.78, 5) is 46.2. The molecule has 0 saturated carbocycles. The molecule has 13 heteroatoms. The van der Waals surface area contributed by atoms with Crippen LogP contribution in [-0.4, -0.2) is 64.3 Å². The van der Waals surface area contributed by atoms with E-state index in [0.717, 1.165) is 16.5 Å². The third kappa shape index (κ3) is 7.79. The molecule has 1 aromatic carbocycles. The molecule has 1 atom stereocenters. The highest BCUT2D eigenvalue weighted by Gasteiger charge is 2.38. The van der Waals surface area contributed by atoms with Crippen LogP contribution in [0.2, 0.25) is 0 Å². The van der Waals surface area contributed by atoms with Crippen molar-refractivity contribution in [2.45, 2.75) is 18.6 Å². The monoisotopic (exact) mass is 432 g/mol. The Hall–Kier alpha value is -3.61. The standard InChI is InChI=1S/C15H18N4O4.C2HF3O2/c16-6-13(20)19-12(15(23)18-8-14(21)22)5-9-7-17-11-4-2-1-3-10(9)11;3-2(4,5)1(6)7/h1-4,7,12,17H,5-6,8,16H2,(H,18,23)(H,19,20)(H,21,22);(H,6,7)/t12-;/m0./s1. The topological polar surface area (TPSA) is 175 Å². The van der Waals surface area contributed by atoms with Crippen molar-refractivity contribution in [1.82, 2.24) is 15.6 Å². The largest absolute Gasteiger partial charge is 0.490 e. The lowest BCUT2D eigenvalue weighted by atomic mass is 10.0. The molecule has 164 valence electrons. The summed E-state index contributed by atoms with van der Waals surface area (Å²) >= 11 is 0. The van der Waals surface area contributed by atoms with E-state index in [1.54, 1.807) is 6.20 Å². The van der Waals surface area contributed by atoms with Crippen molar-refractivity contribution in [2.75, 3.05) is 13.1 Å². The van der Waals surface area contributed by atoms with Crippen molar-refractivity contribution in [1.29, 1.82) is 0 Å². The van der Waals surface area contributed by atoms with Crippen molar-refractivity contribution in [3.05, 3.63) is 36.0 Å². The SMILES string of the molecule is NCC(=O)N[C@@H](Cc1c[nH]c2ccccc12)C(=O)NCC(=O)O.O=C(O)C(F)(F)F. The molecule has 2 amide bonds. The summed E-state index contributed by atoms with van der Waals surface area (Å²) in [5.41, 5.74) is 7.02. The highest BCUT2D eigenvalue weighted by atomic mass is 19.4. The second-order valence-corrected chi connectivity index (χ2v) is 5.80. The number of H-pyrrole nitrogens is 1. The van der Waals surface area contributed by atoms with Gasteiger partial charge in [-0.05, 0) is 11.6 Å². The predicted octanol–water partition coefficient (Wildman–Crippen LogP) is -0.0120. The number of aromatic nitrogens is 1. The Morgan fingerprint density at radius 2 is 1.73 bits per heavy atom. The highest BCUT2D eigenvalue weighted by Crippen LogP contribution is 2.19. The van der Waals surface area contributed by atoms with Crippen molar-refractivity contribution in [3.8, 4) is 0 Å². The number of carbonyl (C=O) groups excluding carboxylic acids is 2. The number of nitrogens with one attached hydrogen (secondary N) is 3. The summed E-state index contributed by atoms with van der Waals surface area (Å²) in [6.45, 7) is -0.766. The molecule has 1 aromatic heterocycles. The second-order valence-electron chi connectivity index (χ2n) is 5.80. The average molecular weight is 432 g/mol. The Labute approximate surface area is 167 Å². The molecule has 30 heavy (non-hydrogen) atoms. The molecule has 2 aromatic rings. The number of amides is 2. The van der Waals surface area contributed by atoms with Crippen LogP contribution in [0, 0.1) is 0 Å². The smallest absolute Gasteiger partial charge is 0.480 e. The molecule has 0 aliphatic heterocycles. The molecule has 0 aliphatic carbocycles. The van der Waals surface area contributed by atoms with Gasteiger partial charge >= 0.3 is 18.1 Å². The molecule has 0 bridgehead atoms. The number of nitrogens with two attached hydrogens (primary N) is 1. The minimum Gasteiger partial charge on any atom is -0.480 e. The predicted molar refractivity (Wildman–Crippen MR) is 97.3 cm³/mol. The third-order valence-corrected chi connectivity index (χ3v) is 3.59. The molecule has 2 rings (SSSR count). The van der Waals surface area contributed by atoms with E-state index >= 15 is 0 Å². The molecule has 0 unspecified atom stereocenters. The number of carbonyl (C=O) groups is 4. The van der Waals surface area contributed by atoms with Crippen molar-refractivity contribution < 1.29 is 42.6 Å². The number of hydrogen-bond acceptors (Lipinski definition) is 5. The Morgan fingerprint density at radius 3 is 2.27 bits per heavy atom. The van der Waals surface area contributed by atoms with Gasteiger partial charge in [-0.25, -0.2) is 4.79 Å². The first-order valence-corrected chi connectivity index (χ1v) is 8.29. The lowest BCUT2D eigenvalue weighted by Gasteiger charge is -2.17. The molecule has 7 N–H and O–H groups in total. The van der Waals surface area contributed by atoms with Gasteiger partial charge < -0.3 is 31.6 Å². The molecular weight excluding hydrogens is 413 g/mol. The number of benzene rings is 1. The Balaban J connectivity index is 0.000000553. The summed E-state index contributed by atoms with van der Waals surface area (Å²) in [6.07, 6.45) is -3.10. The maximum Gasteiger partial charge on any atom is 0.490 e. The van der Waals surface area contributed by atoms with Crippen LogP contribution in [0.4, 0.5) is 13.2 Å². The van der Waals surface area contributed by atoms with Gasteiger partial charge in [0.15, 0.2) is 0 Å². The molecule has 1 heterocycles. The van der Waals surface area contributed by atoms with Crippen LogP contribution in [0.5, 0.6) is 0 Å². The minimum absolute atomic E-state index is 0.223. The fourth-order valence-corrected chi connectivity index (χ4v) is 2.27. The first-order chi connectivity index (χ1) is 14.0. The van der Waals surface area contributed by atoms with E-state index in [1.807, 2.05) is 24.3 Å². The van der Waals surface area contributed by atoms with Crippen molar-refractivity contribution in [3.63, 3.8) is 0 Å². The summed E-state index contributed by atoms with van der Waals surface area (Å²) in [7, 11) is 0. The zero-order valence-electron chi connectivity index (χ0n) is 15.3. The van der Waals surface area contributed by atoms with Gasteiger partial charge in [0, 0.05) is 23.5 Å². The number of rotatable bonds is 7. The Morgan fingerprint density at radius 1 is 1.13 bits per heavy atom. The molecule has 0 spiro atoms. The number of fused-ring (bicyclic) bond motifs is 1. The van der Waals surface area contributed by atoms with E-state index in [1.165, 1.54) is 0 Å². The summed E-state index contributed by atoms with van der Waals surface area (Å²) < 4.78 is 31.7. The van der Waals surface area contributed by atoms with Gasteiger partial charge in [-0.15, -0.1) is 0 Å². The van der Waals surface area contributed by atoms with E-state index < -0.39 is 42.5 Å². The van der Waals surface area contributed by atoms with Crippen molar-refractivity contribution in [2.24, 2.45) is 5.73 Å². The molecule has 0 fully saturated rings. The number of aliphatic carboxylic acids is 2. The molecule has 0 saturated heterocycles. The van der Waals surface area contributed by atoms with Crippen LogP contribution >= 0.6 is 0 Å². The molecule has 0 radical (unpaired) electrons. The van der Waals surface area contributed by atoms with Crippen LogP contribution in [0.1, 0.15) is 5.56 Å². The maximum absolute atomic E-state index is 12.1. The van der Waals surface area contributed by atoms with Crippen molar-refractivity contribution >= 4 is 34.7 Å². The fourth-order valence-electron chi connectivity index (χ4n) is 2.27. The lowest BCUT2D eigenvalue weighted by Crippen LogP contribution is -2.50. The second kappa shape index (κ2) is 10.8. The van der Waals surface area contributed by atoms with E-state index in [9.17, 15) is 27.6 Å². The minimum atomic E-state index is -5.08. The van der Waals surface area contributed by atoms with Gasteiger partial charge in [0.1, 0.15) is 12.6 Å². The van der Waals surface area contributed by atoms with Crippen LogP contribution < -0.4 is 16.4 Å². The Bertz CT molecular complexity index is 912. The number of carboxylic acids is 2. The van der Waals surface area contributed by atoms with Gasteiger partial charge in [-0.3, -0.25) is 14.4 Å². The van der Waals surface area contributed by atoms with E-state index in [-0.39, 0.29) is 13.0 Å². The first-order valence-electron chi connectivity index (χ1n) is 8.29. The molecule has 10 nitrogen and oxygen atoms in total. The number of carboxylic acid groups (broad SMARTS) is 2. The lowest BCUT2D eigenvalue weighted by molar-refractivity contribution is -0.192. The maximum atomic E-state index is 12.1. The Kier molecular flexibility index (Phi) is 8.80. The zero-order valence-corrected chi connectivity index (χ0v) is 15.3. The summed E-state index contributed by atoms with van der Waals surface area (Å²) in [5, 5.41) is 21.5. The average Bonchev–Trinajstić information content (AvgIpc) is 3.08. The van der Waals surface area contributed by atoms with E-state index in [4.69, 9.17) is 20.7 Å². The van der Waals surface area contributed by atoms with Crippen LogP contribution in [0.25, 0.3) is 10.9 Å². The number of para-hydroxylation sites is 1. The van der Waals surface area contributed by atoms with E-state index in [0.29, 0.717) is 0 Å². The van der Waals surface area contributed by atoms with Crippen LogP contribution in [0.3, 0.4) is 0 Å². The third-order valence-electron chi connectivity index (χ3n) is 3.59. The number of hydrogen-bond donors (Lipinski definition) is 6. The van der Waals surface area contributed by atoms with E-state index in [2.05, 4.69) is 15.6 Å². The number of aromatic amines is 1. The van der Waals surface area contributed by atoms with Crippen LogP contribution in [0.15, 0.2) is 30.5 Å². The van der Waals surface area contributed by atoms with Gasteiger partial charge in [-0.1, -0.05) is 18.2 Å². The highest BCUT2D eigenvalue weighted by molar-refractivity contribution is 5.91. The summed E-state index contributed by atoms with van der Waals surface area (Å²) in [6, 6.07) is 6.66. The van der Waals surface area contributed by atoms with Gasteiger partial charge in [0.25, 0.3) is 0 Å². The number of halogens is 3. The molecular formula is C17H19F3N4O6.